The Hall–Kier alpha value is -2.93. The second-order valence-corrected chi connectivity index (χ2v) is 5.90. The first-order valence-electron chi connectivity index (χ1n) is 7.57. The van der Waals surface area contributed by atoms with Crippen molar-refractivity contribution >= 4 is 34.9 Å². The van der Waals surface area contributed by atoms with E-state index in [0.717, 1.165) is 0 Å². The molecular formula is C18H18N2O4S. The lowest BCUT2D eigenvalue weighted by Crippen LogP contribution is -2.34. The number of benzene rings is 2. The first-order valence-corrected chi connectivity index (χ1v) is 7.98. The van der Waals surface area contributed by atoms with E-state index in [1.54, 1.807) is 36.4 Å². The lowest BCUT2D eigenvalue weighted by Gasteiger charge is -2.12. The fourth-order valence-corrected chi connectivity index (χ4v) is 2.26. The van der Waals surface area contributed by atoms with E-state index >= 15 is 0 Å². The van der Waals surface area contributed by atoms with Crippen LogP contribution >= 0.6 is 12.2 Å². The minimum absolute atomic E-state index is 0.00238. The van der Waals surface area contributed by atoms with Crippen LogP contribution in [0.4, 0.5) is 5.69 Å². The van der Waals surface area contributed by atoms with Gasteiger partial charge in [0.2, 0.25) is 0 Å². The highest BCUT2D eigenvalue weighted by Gasteiger charge is 2.10. The summed E-state index contributed by atoms with van der Waals surface area (Å²) in [6, 6.07) is 12.9. The average molecular weight is 358 g/mol. The largest absolute Gasteiger partial charge is 0.491 e. The van der Waals surface area contributed by atoms with Gasteiger partial charge in [-0.15, -0.1) is 0 Å². The number of thiocarbonyl (C=S) groups is 1. The van der Waals surface area contributed by atoms with Crippen LogP contribution in [0.5, 0.6) is 5.75 Å². The van der Waals surface area contributed by atoms with Gasteiger partial charge in [0.15, 0.2) is 5.11 Å². The second-order valence-electron chi connectivity index (χ2n) is 5.49. The molecule has 2 aromatic carbocycles. The summed E-state index contributed by atoms with van der Waals surface area (Å²) in [5, 5.41) is 14.4. The van der Waals surface area contributed by atoms with E-state index < -0.39 is 5.97 Å². The van der Waals surface area contributed by atoms with E-state index in [1.807, 2.05) is 13.8 Å². The Morgan fingerprint density at radius 2 is 1.76 bits per heavy atom. The fourth-order valence-electron chi connectivity index (χ4n) is 2.05. The van der Waals surface area contributed by atoms with Gasteiger partial charge in [0.05, 0.1) is 11.7 Å². The molecule has 0 aromatic heterocycles. The Bertz CT molecular complexity index is 805. The zero-order chi connectivity index (χ0) is 18.4. The molecule has 130 valence electrons. The summed E-state index contributed by atoms with van der Waals surface area (Å²) in [7, 11) is 0. The minimum Gasteiger partial charge on any atom is -0.491 e. The number of ether oxygens (including phenoxy) is 1. The standard InChI is InChI=1S/C18H18N2O4S/c1-11(2)24-15-8-4-5-12(10-15)16(21)20-18(25)19-14-7-3-6-13(9-14)17(22)23/h3-11H,1-2H3,(H,22,23)(H2,19,20,21,25). The molecule has 0 aliphatic carbocycles. The van der Waals surface area contributed by atoms with Crippen LogP contribution in [0.1, 0.15) is 34.6 Å². The van der Waals surface area contributed by atoms with Gasteiger partial charge in [-0.05, 0) is 62.5 Å². The Morgan fingerprint density at radius 1 is 1.08 bits per heavy atom. The topological polar surface area (TPSA) is 87.7 Å². The molecule has 0 saturated heterocycles. The number of amides is 1. The van der Waals surface area contributed by atoms with Crippen molar-refractivity contribution in [2.24, 2.45) is 0 Å². The van der Waals surface area contributed by atoms with E-state index in [1.165, 1.54) is 12.1 Å². The van der Waals surface area contributed by atoms with E-state index in [0.29, 0.717) is 17.0 Å². The van der Waals surface area contributed by atoms with Gasteiger partial charge >= 0.3 is 5.97 Å². The van der Waals surface area contributed by atoms with E-state index in [9.17, 15) is 9.59 Å². The second kappa shape index (κ2) is 8.25. The van der Waals surface area contributed by atoms with E-state index in [-0.39, 0.29) is 22.7 Å². The normalized spacial score (nSPS) is 10.2. The number of hydrogen-bond acceptors (Lipinski definition) is 4. The molecule has 6 nitrogen and oxygen atoms in total. The highest BCUT2D eigenvalue weighted by molar-refractivity contribution is 7.80. The summed E-state index contributed by atoms with van der Waals surface area (Å²) in [6.45, 7) is 3.80. The SMILES string of the molecule is CC(C)Oc1cccc(C(=O)NC(=S)Nc2cccc(C(=O)O)c2)c1. The third-order valence-electron chi connectivity index (χ3n) is 3.06. The molecule has 0 aliphatic heterocycles. The molecule has 0 spiro atoms. The summed E-state index contributed by atoms with van der Waals surface area (Å²) in [5.41, 5.74) is 1.00. The molecule has 0 bridgehead atoms. The monoisotopic (exact) mass is 358 g/mol. The van der Waals surface area contributed by atoms with Crippen molar-refractivity contribution in [3.63, 3.8) is 0 Å². The molecule has 0 aliphatic rings. The molecule has 0 saturated carbocycles. The highest BCUT2D eigenvalue weighted by atomic mass is 32.1. The molecule has 0 unspecified atom stereocenters. The van der Waals surface area contributed by atoms with E-state index in [4.69, 9.17) is 22.1 Å². The van der Waals surface area contributed by atoms with Crippen molar-refractivity contribution in [2.75, 3.05) is 5.32 Å². The van der Waals surface area contributed by atoms with Crippen molar-refractivity contribution in [3.05, 3.63) is 59.7 Å². The van der Waals surface area contributed by atoms with Crippen molar-refractivity contribution < 1.29 is 19.4 Å². The molecule has 2 rings (SSSR count). The Morgan fingerprint density at radius 3 is 2.44 bits per heavy atom. The zero-order valence-electron chi connectivity index (χ0n) is 13.8. The minimum atomic E-state index is -1.04. The smallest absolute Gasteiger partial charge is 0.335 e. The van der Waals surface area contributed by atoms with Crippen molar-refractivity contribution in [2.45, 2.75) is 20.0 Å². The predicted octanol–water partition coefficient (Wildman–Crippen LogP) is 3.30. The summed E-state index contributed by atoms with van der Waals surface area (Å²) >= 11 is 5.10. The lowest BCUT2D eigenvalue weighted by molar-refractivity contribution is 0.0696. The van der Waals surface area contributed by atoms with Crippen LogP contribution in [0.15, 0.2) is 48.5 Å². The van der Waals surface area contributed by atoms with E-state index in [2.05, 4.69) is 10.6 Å². The van der Waals surface area contributed by atoms with Crippen molar-refractivity contribution in [3.8, 4) is 5.75 Å². The average Bonchev–Trinajstić information content (AvgIpc) is 2.54. The van der Waals surface area contributed by atoms with Crippen LogP contribution in [-0.4, -0.2) is 28.2 Å². The number of rotatable bonds is 5. The summed E-state index contributed by atoms with van der Waals surface area (Å²) in [5.74, 6) is -0.836. The van der Waals surface area contributed by atoms with Gasteiger partial charge in [0, 0.05) is 11.3 Å². The summed E-state index contributed by atoms with van der Waals surface area (Å²) in [4.78, 5) is 23.2. The zero-order valence-corrected chi connectivity index (χ0v) is 14.6. The highest BCUT2D eigenvalue weighted by Crippen LogP contribution is 2.15. The summed E-state index contributed by atoms with van der Waals surface area (Å²) < 4.78 is 5.56. The maximum absolute atomic E-state index is 12.3. The fraction of sp³-hybridized carbons (Fsp3) is 0.167. The molecular weight excluding hydrogens is 340 g/mol. The van der Waals surface area contributed by atoms with Gasteiger partial charge in [-0.1, -0.05) is 12.1 Å². The maximum Gasteiger partial charge on any atom is 0.335 e. The number of carboxylic acids is 1. The molecule has 1 amide bonds. The number of nitrogens with one attached hydrogen (secondary N) is 2. The Labute approximate surface area is 150 Å². The summed E-state index contributed by atoms with van der Waals surface area (Å²) in [6.07, 6.45) is 0.00238. The van der Waals surface area contributed by atoms with Crippen LogP contribution in [0, 0.1) is 0 Å². The van der Waals surface area contributed by atoms with Crippen molar-refractivity contribution in [1.82, 2.24) is 5.32 Å². The van der Waals surface area contributed by atoms with Gasteiger partial charge < -0.3 is 15.2 Å². The molecule has 0 heterocycles. The Balaban J connectivity index is 2.02. The molecule has 25 heavy (non-hydrogen) atoms. The quantitative estimate of drug-likeness (QED) is 0.711. The number of anilines is 1. The Kier molecular flexibility index (Phi) is 6.08. The first-order chi connectivity index (χ1) is 11.8. The number of carbonyl (C=O) groups excluding carboxylic acids is 1. The molecule has 3 N–H and O–H groups in total. The van der Waals surface area contributed by atoms with Gasteiger partial charge in [-0.25, -0.2) is 4.79 Å². The number of aromatic carboxylic acids is 1. The molecule has 0 atom stereocenters. The maximum atomic E-state index is 12.3. The van der Waals surface area contributed by atoms with Crippen LogP contribution in [0.25, 0.3) is 0 Å². The van der Waals surface area contributed by atoms with Crippen LogP contribution in [0.2, 0.25) is 0 Å². The molecule has 2 aromatic rings. The molecule has 0 fully saturated rings. The van der Waals surface area contributed by atoms with Crippen LogP contribution in [-0.2, 0) is 0 Å². The van der Waals surface area contributed by atoms with Crippen molar-refractivity contribution in [1.29, 1.82) is 0 Å². The third kappa shape index (κ3) is 5.58. The first kappa shape index (κ1) is 18.4. The van der Waals surface area contributed by atoms with Gasteiger partial charge in [0.25, 0.3) is 5.91 Å². The molecule has 0 radical (unpaired) electrons. The number of carbonyl (C=O) groups is 2. The van der Waals surface area contributed by atoms with Crippen LogP contribution in [0.3, 0.4) is 0 Å². The number of carboxylic acid groups (broad SMARTS) is 1. The third-order valence-corrected chi connectivity index (χ3v) is 3.27. The number of hydrogen-bond donors (Lipinski definition) is 3. The van der Waals surface area contributed by atoms with Gasteiger partial charge in [0.1, 0.15) is 5.75 Å². The lowest BCUT2D eigenvalue weighted by atomic mass is 10.2. The van der Waals surface area contributed by atoms with Gasteiger partial charge in [-0.3, -0.25) is 10.1 Å². The molecule has 7 heteroatoms. The van der Waals surface area contributed by atoms with Gasteiger partial charge in [-0.2, -0.15) is 0 Å². The predicted molar refractivity (Wildman–Crippen MR) is 99.3 cm³/mol. The van der Waals surface area contributed by atoms with Crippen LogP contribution < -0.4 is 15.4 Å².